The fourth-order valence-corrected chi connectivity index (χ4v) is 0.900. The van der Waals surface area contributed by atoms with Gasteiger partial charge in [-0.1, -0.05) is 19.8 Å². The zero-order valence-corrected chi connectivity index (χ0v) is 8.56. The van der Waals surface area contributed by atoms with Gasteiger partial charge < -0.3 is 4.74 Å². The first-order valence-corrected chi connectivity index (χ1v) is 4.86. The molecular weight excluding hydrogens is 164 g/mol. The van der Waals surface area contributed by atoms with Crippen LogP contribution in [0.3, 0.4) is 0 Å². The highest BCUT2D eigenvalue weighted by Crippen LogP contribution is 1.97. The molecule has 0 amide bonds. The van der Waals surface area contributed by atoms with Gasteiger partial charge in [-0.25, -0.2) is 0 Å². The van der Waals surface area contributed by atoms with Crippen molar-refractivity contribution in [1.82, 2.24) is 0 Å². The van der Waals surface area contributed by atoms with Crippen molar-refractivity contribution in [2.75, 3.05) is 6.61 Å². The maximum Gasteiger partial charge on any atom is 0.306 e. The number of carbonyl (C=O) groups excluding carboxylic acids is 1. The predicted octanol–water partition coefficient (Wildman–Crippen LogP) is 2.52. The standard InChI is InChI=1S/C11H18O2/c1-3-5-7-9-11(12)13-10-8-6-4-2/h4,6-10H2,1-2H3. The monoisotopic (exact) mass is 182 g/mol. The molecule has 0 saturated heterocycles. The van der Waals surface area contributed by atoms with Crippen LogP contribution < -0.4 is 0 Å². The van der Waals surface area contributed by atoms with Crippen molar-refractivity contribution in [2.45, 2.75) is 46.0 Å². The molecule has 2 nitrogen and oxygen atoms in total. The van der Waals surface area contributed by atoms with Gasteiger partial charge in [0.05, 0.1) is 13.0 Å². The second-order valence-electron chi connectivity index (χ2n) is 2.85. The quantitative estimate of drug-likeness (QED) is 0.358. The lowest BCUT2D eigenvalue weighted by Crippen LogP contribution is -2.04. The summed E-state index contributed by atoms with van der Waals surface area (Å²) < 4.78 is 4.98. The zero-order valence-electron chi connectivity index (χ0n) is 8.56. The molecule has 0 unspecified atom stereocenters. The van der Waals surface area contributed by atoms with Gasteiger partial charge in [0.25, 0.3) is 0 Å². The molecule has 0 atom stereocenters. The van der Waals surface area contributed by atoms with Gasteiger partial charge in [-0.15, -0.1) is 11.8 Å². The molecule has 0 heterocycles. The van der Waals surface area contributed by atoms with Crippen molar-refractivity contribution < 1.29 is 9.53 Å². The summed E-state index contributed by atoms with van der Waals surface area (Å²) in [5.74, 6) is 5.45. The average molecular weight is 182 g/mol. The number of carbonyl (C=O) groups is 1. The van der Waals surface area contributed by atoms with Crippen LogP contribution in [0.5, 0.6) is 0 Å². The minimum absolute atomic E-state index is 0.126. The molecule has 0 aromatic heterocycles. The van der Waals surface area contributed by atoms with Crippen molar-refractivity contribution in [3.05, 3.63) is 0 Å². The maximum absolute atomic E-state index is 11.0. The minimum Gasteiger partial charge on any atom is -0.466 e. The van der Waals surface area contributed by atoms with E-state index in [1.54, 1.807) is 6.92 Å². The van der Waals surface area contributed by atoms with Crippen molar-refractivity contribution in [3.63, 3.8) is 0 Å². The summed E-state index contributed by atoms with van der Waals surface area (Å²) in [4.78, 5) is 11.0. The molecule has 0 saturated carbocycles. The van der Waals surface area contributed by atoms with Crippen LogP contribution in [0.1, 0.15) is 46.0 Å². The van der Waals surface area contributed by atoms with E-state index in [1.165, 1.54) is 0 Å². The highest BCUT2D eigenvalue weighted by molar-refractivity contribution is 5.69. The third-order valence-corrected chi connectivity index (χ3v) is 1.64. The molecule has 0 aliphatic heterocycles. The number of hydrogen-bond donors (Lipinski definition) is 0. The van der Waals surface area contributed by atoms with E-state index in [-0.39, 0.29) is 5.97 Å². The molecule has 0 radical (unpaired) electrons. The number of ether oxygens (including phenoxy) is 1. The van der Waals surface area contributed by atoms with Crippen LogP contribution >= 0.6 is 0 Å². The lowest BCUT2D eigenvalue weighted by molar-refractivity contribution is -0.143. The summed E-state index contributed by atoms with van der Waals surface area (Å²) >= 11 is 0. The van der Waals surface area contributed by atoms with Crippen molar-refractivity contribution in [2.24, 2.45) is 0 Å². The van der Waals surface area contributed by atoms with Crippen molar-refractivity contribution in [1.29, 1.82) is 0 Å². The van der Waals surface area contributed by atoms with Gasteiger partial charge in [0.1, 0.15) is 0 Å². The highest BCUT2D eigenvalue weighted by atomic mass is 16.5. The highest BCUT2D eigenvalue weighted by Gasteiger charge is 1.99. The fourth-order valence-electron chi connectivity index (χ4n) is 0.900. The summed E-state index contributed by atoms with van der Waals surface area (Å²) in [6.07, 6.45) is 4.29. The van der Waals surface area contributed by atoms with Gasteiger partial charge in [0.15, 0.2) is 0 Å². The van der Waals surface area contributed by atoms with E-state index >= 15 is 0 Å². The molecule has 0 aromatic carbocycles. The lowest BCUT2D eigenvalue weighted by Gasteiger charge is -2.01. The van der Waals surface area contributed by atoms with E-state index < -0.39 is 0 Å². The predicted molar refractivity (Wildman–Crippen MR) is 53.2 cm³/mol. The minimum atomic E-state index is -0.126. The second kappa shape index (κ2) is 9.12. The molecular formula is C11H18O2. The molecule has 0 spiro atoms. The Morgan fingerprint density at radius 1 is 1.38 bits per heavy atom. The molecule has 13 heavy (non-hydrogen) atoms. The van der Waals surface area contributed by atoms with Crippen LogP contribution in [0.25, 0.3) is 0 Å². The molecule has 2 heteroatoms. The summed E-state index contributed by atoms with van der Waals surface area (Å²) in [7, 11) is 0. The largest absolute Gasteiger partial charge is 0.466 e. The third kappa shape index (κ3) is 8.94. The van der Waals surface area contributed by atoms with E-state index in [0.717, 1.165) is 19.3 Å². The summed E-state index contributed by atoms with van der Waals surface area (Å²) in [5, 5.41) is 0. The third-order valence-electron chi connectivity index (χ3n) is 1.64. The van der Waals surface area contributed by atoms with Crippen LogP contribution in [0.15, 0.2) is 0 Å². The van der Waals surface area contributed by atoms with E-state index in [9.17, 15) is 4.79 Å². The molecule has 0 aromatic rings. The summed E-state index contributed by atoms with van der Waals surface area (Å²) in [5.41, 5.74) is 0. The molecule has 0 rings (SSSR count). The first-order valence-electron chi connectivity index (χ1n) is 4.86. The van der Waals surface area contributed by atoms with Crippen LogP contribution in [-0.2, 0) is 9.53 Å². The Morgan fingerprint density at radius 2 is 2.15 bits per heavy atom. The SMILES string of the molecule is CC#CCCC(=O)OCCCCC. The maximum atomic E-state index is 11.0. The van der Waals surface area contributed by atoms with Crippen molar-refractivity contribution >= 4 is 5.97 Å². The Morgan fingerprint density at radius 3 is 2.77 bits per heavy atom. The van der Waals surface area contributed by atoms with Crippen LogP contribution in [0.4, 0.5) is 0 Å². The lowest BCUT2D eigenvalue weighted by atomic mass is 10.3. The second-order valence-corrected chi connectivity index (χ2v) is 2.85. The molecule has 74 valence electrons. The Labute approximate surface area is 80.7 Å². The topological polar surface area (TPSA) is 26.3 Å². The molecule has 0 bridgehead atoms. The van der Waals surface area contributed by atoms with E-state index in [0.29, 0.717) is 19.4 Å². The number of rotatable bonds is 6. The first kappa shape index (κ1) is 12.0. The number of unbranched alkanes of at least 4 members (excludes halogenated alkanes) is 2. The Hall–Kier alpha value is -0.970. The summed E-state index contributed by atoms with van der Waals surface area (Å²) in [6.45, 7) is 4.46. The molecule has 0 aliphatic carbocycles. The van der Waals surface area contributed by atoms with E-state index in [4.69, 9.17) is 4.74 Å². The Balaban J connectivity index is 3.23. The van der Waals surface area contributed by atoms with Crippen LogP contribution in [-0.4, -0.2) is 12.6 Å². The van der Waals surface area contributed by atoms with E-state index in [2.05, 4.69) is 18.8 Å². The normalized spacial score (nSPS) is 8.77. The van der Waals surface area contributed by atoms with Gasteiger partial charge in [-0.3, -0.25) is 4.79 Å². The first-order chi connectivity index (χ1) is 6.31. The van der Waals surface area contributed by atoms with Crippen LogP contribution in [0, 0.1) is 11.8 Å². The van der Waals surface area contributed by atoms with Gasteiger partial charge in [-0.2, -0.15) is 0 Å². The average Bonchev–Trinajstić information content (AvgIpc) is 2.13. The Kier molecular flexibility index (Phi) is 8.44. The van der Waals surface area contributed by atoms with Gasteiger partial charge in [0, 0.05) is 6.42 Å². The smallest absolute Gasteiger partial charge is 0.306 e. The van der Waals surface area contributed by atoms with Gasteiger partial charge >= 0.3 is 5.97 Å². The number of esters is 1. The molecule has 0 fully saturated rings. The van der Waals surface area contributed by atoms with Gasteiger partial charge in [0.2, 0.25) is 0 Å². The zero-order chi connectivity index (χ0) is 9.94. The van der Waals surface area contributed by atoms with Crippen molar-refractivity contribution in [3.8, 4) is 11.8 Å². The summed E-state index contributed by atoms with van der Waals surface area (Å²) in [6, 6.07) is 0. The molecule has 0 aliphatic rings. The van der Waals surface area contributed by atoms with Gasteiger partial charge in [-0.05, 0) is 13.3 Å². The Bertz CT molecular complexity index is 186. The van der Waals surface area contributed by atoms with Crippen LogP contribution in [0.2, 0.25) is 0 Å². The fraction of sp³-hybridized carbons (Fsp3) is 0.727. The number of hydrogen-bond acceptors (Lipinski definition) is 2. The molecule has 0 N–H and O–H groups in total. The van der Waals surface area contributed by atoms with E-state index in [1.807, 2.05) is 0 Å².